The monoisotopic (exact) mass is 225 g/mol. The van der Waals surface area contributed by atoms with Gasteiger partial charge in [-0.05, 0) is 31.6 Å². The highest BCUT2D eigenvalue weighted by atomic mass is 16.6. The predicted octanol–water partition coefficient (Wildman–Crippen LogP) is 1.71. The summed E-state index contributed by atoms with van der Waals surface area (Å²) in [6.07, 6.45) is 3.61. The molecule has 88 valence electrons. The summed E-state index contributed by atoms with van der Waals surface area (Å²) in [7, 11) is 0. The molecule has 3 atom stereocenters. The van der Waals surface area contributed by atoms with Gasteiger partial charge in [0.15, 0.2) is 0 Å². The summed E-state index contributed by atoms with van der Waals surface area (Å²) in [5.41, 5.74) is 0.614. The van der Waals surface area contributed by atoms with Crippen molar-refractivity contribution in [3.8, 4) is 0 Å². The average Bonchev–Trinajstić information content (AvgIpc) is 2.40. The number of nitro groups is 1. The van der Waals surface area contributed by atoms with Gasteiger partial charge in [0, 0.05) is 4.92 Å². The van der Waals surface area contributed by atoms with Gasteiger partial charge in [-0.3, -0.25) is 14.9 Å². The zero-order valence-corrected chi connectivity index (χ0v) is 9.18. The maximum absolute atomic E-state index is 10.8. The van der Waals surface area contributed by atoms with Crippen LogP contribution in [0.5, 0.6) is 0 Å². The molecule has 0 spiro atoms. The van der Waals surface area contributed by atoms with Gasteiger partial charge in [-0.1, -0.05) is 11.6 Å². The lowest BCUT2D eigenvalue weighted by atomic mass is 9.53. The van der Waals surface area contributed by atoms with Crippen molar-refractivity contribution in [2.24, 2.45) is 17.3 Å². The number of rotatable bonds is 4. The third-order valence-corrected chi connectivity index (χ3v) is 3.88. The van der Waals surface area contributed by atoms with E-state index in [2.05, 4.69) is 0 Å². The second kappa shape index (κ2) is 3.57. The van der Waals surface area contributed by atoms with E-state index in [4.69, 9.17) is 5.11 Å². The number of carboxylic acid groups (broad SMARTS) is 1. The minimum Gasteiger partial charge on any atom is -0.481 e. The first-order chi connectivity index (χ1) is 7.43. The number of carbonyl (C=O) groups is 1. The molecule has 2 rings (SSSR count). The first-order valence-corrected chi connectivity index (χ1v) is 5.44. The Kier molecular flexibility index (Phi) is 2.48. The van der Waals surface area contributed by atoms with Gasteiger partial charge in [0.05, 0.1) is 11.8 Å². The van der Waals surface area contributed by atoms with Crippen molar-refractivity contribution in [1.29, 1.82) is 0 Å². The van der Waals surface area contributed by atoms with E-state index in [0.717, 1.165) is 6.42 Å². The van der Waals surface area contributed by atoms with Gasteiger partial charge in [0.1, 0.15) is 0 Å². The van der Waals surface area contributed by atoms with Gasteiger partial charge in [-0.15, -0.1) is 0 Å². The topological polar surface area (TPSA) is 80.4 Å². The van der Waals surface area contributed by atoms with Crippen LogP contribution >= 0.6 is 0 Å². The lowest BCUT2D eigenvalue weighted by Gasteiger charge is -2.48. The smallest absolute Gasteiger partial charge is 0.304 e. The first kappa shape index (κ1) is 11.1. The van der Waals surface area contributed by atoms with Crippen molar-refractivity contribution < 1.29 is 14.8 Å². The summed E-state index contributed by atoms with van der Waals surface area (Å²) >= 11 is 0. The van der Waals surface area contributed by atoms with E-state index in [-0.39, 0.29) is 23.8 Å². The summed E-state index contributed by atoms with van der Waals surface area (Å²) in [5, 5.41) is 19.5. The van der Waals surface area contributed by atoms with Gasteiger partial charge < -0.3 is 5.11 Å². The first-order valence-electron chi connectivity index (χ1n) is 5.44. The van der Waals surface area contributed by atoms with E-state index in [0.29, 0.717) is 12.3 Å². The van der Waals surface area contributed by atoms with Crippen LogP contribution in [0.15, 0.2) is 11.6 Å². The SMILES string of the molecule is CC1=C[C@@H]2[C@H](C1)C[C@@]2(CC(=O)O)C[N+](=O)[O-]. The van der Waals surface area contributed by atoms with E-state index < -0.39 is 11.4 Å². The molecule has 5 heteroatoms. The number of hydrogen-bond acceptors (Lipinski definition) is 3. The average molecular weight is 225 g/mol. The number of allylic oxidation sites excluding steroid dienone is 2. The molecule has 0 saturated heterocycles. The minimum absolute atomic E-state index is 0.0844. The van der Waals surface area contributed by atoms with Crippen LogP contribution < -0.4 is 0 Å². The normalized spacial score (nSPS) is 36.2. The molecule has 5 nitrogen and oxygen atoms in total. The van der Waals surface area contributed by atoms with Crippen molar-refractivity contribution in [2.45, 2.75) is 26.2 Å². The van der Waals surface area contributed by atoms with Crippen molar-refractivity contribution in [1.82, 2.24) is 0 Å². The molecule has 0 heterocycles. The standard InChI is InChI=1S/C11H15NO4/c1-7-2-8-4-11(5-10(13)14,6-12(15)16)9(8)3-7/h3,8-9H,2,4-6H2,1H3,(H,13,14)/t8-,9-,11-/m1/s1. The highest BCUT2D eigenvalue weighted by Crippen LogP contribution is 2.59. The van der Waals surface area contributed by atoms with Gasteiger partial charge >= 0.3 is 5.97 Å². The number of carboxylic acids is 1. The number of hydrogen-bond donors (Lipinski definition) is 1. The molecule has 0 bridgehead atoms. The van der Waals surface area contributed by atoms with Crippen molar-refractivity contribution in [3.63, 3.8) is 0 Å². The van der Waals surface area contributed by atoms with Gasteiger partial charge in [0.2, 0.25) is 6.54 Å². The van der Waals surface area contributed by atoms with Crippen LogP contribution in [-0.4, -0.2) is 22.5 Å². The lowest BCUT2D eigenvalue weighted by molar-refractivity contribution is -0.505. The molecule has 16 heavy (non-hydrogen) atoms. The number of nitrogens with zero attached hydrogens (tertiary/aromatic N) is 1. The second-order valence-electron chi connectivity index (χ2n) is 5.13. The van der Waals surface area contributed by atoms with Crippen LogP contribution in [0, 0.1) is 27.4 Å². The van der Waals surface area contributed by atoms with Crippen molar-refractivity contribution in [2.75, 3.05) is 6.54 Å². The van der Waals surface area contributed by atoms with Gasteiger partial charge in [-0.25, -0.2) is 0 Å². The third-order valence-electron chi connectivity index (χ3n) is 3.88. The van der Waals surface area contributed by atoms with Crippen LogP contribution in [0.25, 0.3) is 0 Å². The summed E-state index contributed by atoms with van der Waals surface area (Å²) in [6, 6.07) is 0. The maximum atomic E-state index is 10.8. The van der Waals surface area contributed by atoms with E-state index in [9.17, 15) is 14.9 Å². The molecule has 0 amide bonds. The maximum Gasteiger partial charge on any atom is 0.304 e. The molecule has 2 aliphatic carbocycles. The quantitative estimate of drug-likeness (QED) is 0.448. The van der Waals surface area contributed by atoms with E-state index in [1.807, 2.05) is 13.0 Å². The molecule has 1 N–H and O–H groups in total. The Morgan fingerprint density at radius 3 is 2.94 bits per heavy atom. The highest BCUT2D eigenvalue weighted by Gasteiger charge is 2.58. The molecule has 0 aromatic carbocycles. The zero-order valence-electron chi connectivity index (χ0n) is 9.18. The Morgan fingerprint density at radius 2 is 2.44 bits per heavy atom. The van der Waals surface area contributed by atoms with Gasteiger partial charge in [0.25, 0.3) is 0 Å². The van der Waals surface area contributed by atoms with Crippen LogP contribution in [0.1, 0.15) is 26.2 Å². The van der Waals surface area contributed by atoms with E-state index in [1.54, 1.807) is 0 Å². The molecular weight excluding hydrogens is 210 g/mol. The third kappa shape index (κ3) is 1.70. The molecule has 0 aromatic heterocycles. The van der Waals surface area contributed by atoms with Crippen LogP contribution in [0.3, 0.4) is 0 Å². The Bertz CT molecular complexity index is 358. The van der Waals surface area contributed by atoms with E-state index >= 15 is 0 Å². The second-order valence-corrected chi connectivity index (χ2v) is 5.13. The molecule has 0 aliphatic heterocycles. The predicted molar refractivity (Wildman–Crippen MR) is 56.5 cm³/mol. The molecule has 2 aliphatic rings. The highest BCUT2D eigenvalue weighted by molar-refractivity contribution is 5.68. The largest absolute Gasteiger partial charge is 0.481 e. The summed E-state index contributed by atoms with van der Waals surface area (Å²) in [6.45, 7) is 1.79. The zero-order chi connectivity index (χ0) is 11.9. The van der Waals surface area contributed by atoms with Gasteiger partial charge in [-0.2, -0.15) is 0 Å². The Morgan fingerprint density at radius 1 is 1.75 bits per heavy atom. The minimum atomic E-state index is -0.932. The van der Waals surface area contributed by atoms with Crippen LogP contribution in [0.4, 0.5) is 0 Å². The Balaban J connectivity index is 2.17. The van der Waals surface area contributed by atoms with Crippen LogP contribution in [-0.2, 0) is 4.79 Å². The van der Waals surface area contributed by atoms with Crippen LogP contribution in [0.2, 0.25) is 0 Å². The summed E-state index contributed by atoms with van der Waals surface area (Å²) in [5.74, 6) is -0.383. The molecule has 0 unspecified atom stereocenters. The fourth-order valence-electron chi connectivity index (χ4n) is 3.40. The molecular formula is C11H15NO4. The molecule has 0 aromatic rings. The summed E-state index contributed by atoms with van der Waals surface area (Å²) < 4.78 is 0. The molecule has 0 radical (unpaired) electrons. The van der Waals surface area contributed by atoms with E-state index in [1.165, 1.54) is 5.57 Å². The molecule has 1 saturated carbocycles. The Hall–Kier alpha value is -1.39. The van der Waals surface area contributed by atoms with Crippen molar-refractivity contribution in [3.05, 3.63) is 21.8 Å². The fourth-order valence-corrected chi connectivity index (χ4v) is 3.40. The van der Waals surface area contributed by atoms with Crippen molar-refractivity contribution >= 4 is 5.97 Å². The molecule has 1 fully saturated rings. The number of fused-ring (bicyclic) bond motifs is 1. The Labute approximate surface area is 93.3 Å². The lowest BCUT2D eigenvalue weighted by Crippen LogP contribution is -2.50. The summed E-state index contributed by atoms with van der Waals surface area (Å²) in [4.78, 5) is 21.1. The fraction of sp³-hybridized carbons (Fsp3) is 0.727. The number of aliphatic carboxylic acids is 1.